The second kappa shape index (κ2) is 8.95. The molecule has 7 nitrogen and oxygen atoms in total. The van der Waals surface area contributed by atoms with Crippen LogP contribution in [0.1, 0.15) is 5.82 Å². The van der Waals surface area contributed by atoms with Crippen LogP contribution in [0.25, 0.3) is 0 Å². The second-order valence-electron chi connectivity index (χ2n) is 5.47. The SMILES string of the molecule is Nc1nc(CSCC(=O)Nc2ccc(F)cc2)nc(Nc2ccccc2)n1. The first-order chi connectivity index (χ1) is 13.1. The number of nitrogens with two attached hydrogens (primary N) is 1. The summed E-state index contributed by atoms with van der Waals surface area (Å²) >= 11 is 1.34. The summed E-state index contributed by atoms with van der Waals surface area (Å²) in [6.07, 6.45) is 0. The van der Waals surface area contributed by atoms with Crippen LogP contribution in [-0.4, -0.2) is 26.6 Å². The van der Waals surface area contributed by atoms with E-state index in [4.69, 9.17) is 5.73 Å². The van der Waals surface area contributed by atoms with Gasteiger partial charge in [-0.2, -0.15) is 15.0 Å². The number of anilines is 4. The van der Waals surface area contributed by atoms with Crippen molar-refractivity contribution in [2.75, 3.05) is 22.1 Å². The lowest BCUT2D eigenvalue weighted by Gasteiger charge is -2.07. The lowest BCUT2D eigenvalue weighted by molar-refractivity contribution is -0.113. The molecule has 3 rings (SSSR count). The van der Waals surface area contributed by atoms with E-state index >= 15 is 0 Å². The summed E-state index contributed by atoms with van der Waals surface area (Å²) < 4.78 is 12.9. The Kier molecular flexibility index (Phi) is 6.16. The van der Waals surface area contributed by atoms with Crippen LogP contribution < -0.4 is 16.4 Å². The molecule has 4 N–H and O–H groups in total. The van der Waals surface area contributed by atoms with E-state index < -0.39 is 0 Å². The number of rotatable bonds is 7. The maximum absolute atomic E-state index is 12.9. The van der Waals surface area contributed by atoms with Crippen LogP contribution in [0.2, 0.25) is 0 Å². The molecule has 0 saturated carbocycles. The summed E-state index contributed by atoms with van der Waals surface area (Å²) in [7, 11) is 0. The zero-order chi connectivity index (χ0) is 19.1. The van der Waals surface area contributed by atoms with Crippen molar-refractivity contribution in [1.29, 1.82) is 0 Å². The molecule has 0 saturated heterocycles. The van der Waals surface area contributed by atoms with Crippen molar-refractivity contribution >= 4 is 40.9 Å². The van der Waals surface area contributed by atoms with Crippen molar-refractivity contribution in [2.24, 2.45) is 0 Å². The van der Waals surface area contributed by atoms with E-state index in [2.05, 4.69) is 25.6 Å². The molecule has 0 unspecified atom stereocenters. The van der Waals surface area contributed by atoms with Gasteiger partial charge in [-0.05, 0) is 36.4 Å². The molecular formula is C18H17FN6OS. The van der Waals surface area contributed by atoms with Gasteiger partial charge in [-0.3, -0.25) is 4.79 Å². The molecule has 9 heteroatoms. The lowest BCUT2D eigenvalue weighted by Crippen LogP contribution is -2.14. The standard InChI is InChI=1S/C18H17FN6OS/c19-12-6-8-14(9-7-12)21-16(26)11-27-10-15-23-17(20)25-18(24-15)22-13-4-2-1-3-5-13/h1-9H,10-11H2,(H,21,26)(H3,20,22,23,24,25). The van der Waals surface area contributed by atoms with E-state index in [9.17, 15) is 9.18 Å². The fourth-order valence-corrected chi connectivity index (χ4v) is 2.85. The van der Waals surface area contributed by atoms with Gasteiger partial charge < -0.3 is 16.4 Å². The van der Waals surface area contributed by atoms with Crippen molar-refractivity contribution in [2.45, 2.75) is 5.75 Å². The van der Waals surface area contributed by atoms with Gasteiger partial charge in [-0.15, -0.1) is 11.8 Å². The molecule has 0 fully saturated rings. The number of thioether (sulfide) groups is 1. The van der Waals surface area contributed by atoms with Crippen molar-refractivity contribution < 1.29 is 9.18 Å². The van der Waals surface area contributed by atoms with Gasteiger partial charge in [-0.25, -0.2) is 4.39 Å². The topological polar surface area (TPSA) is 106 Å². The molecule has 0 aliphatic carbocycles. The second-order valence-corrected chi connectivity index (χ2v) is 6.46. The number of aromatic nitrogens is 3. The summed E-state index contributed by atoms with van der Waals surface area (Å²) in [4.78, 5) is 24.4. The maximum Gasteiger partial charge on any atom is 0.234 e. The van der Waals surface area contributed by atoms with Gasteiger partial charge in [0.15, 0.2) is 0 Å². The predicted molar refractivity (Wildman–Crippen MR) is 105 cm³/mol. The van der Waals surface area contributed by atoms with Crippen LogP contribution in [-0.2, 0) is 10.5 Å². The van der Waals surface area contributed by atoms with Crippen LogP contribution >= 0.6 is 11.8 Å². The predicted octanol–water partition coefficient (Wildman–Crippen LogP) is 3.21. The highest BCUT2D eigenvalue weighted by atomic mass is 32.2. The number of nitrogens with one attached hydrogen (secondary N) is 2. The number of carbonyl (C=O) groups excluding carboxylic acids is 1. The van der Waals surface area contributed by atoms with Gasteiger partial charge in [0.2, 0.25) is 17.8 Å². The van der Waals surface area contributed by atoms with Crippen LogP contribution in [0.5, 0.6) is 0 Å². The number of benzene rings is 2. The molecule has 0 radical (unpaired) electrons. The quantitative estimate of drug-likeness (QED) is 0.574. The number of hydrogen-bond donors (Lipinski definition) is 3. The molecular weight excluding hydrogens is 367 g/mol. The highest BCUT2D eigenvalue weighted by Crippen LogP contribution is 2.16. The zero-order valence-corrected chi connectivity index (χ0v) is 15.0. The third-order valence-corrected chi connectivity index (χ3v) is 4.25. The Hall–Kier alpha value is -3.20. The number of halogens is 1. The first kappa shape index (κ1) is 18.6. The van der Waals surface area contributed by atoms with Gasteiger partial charge in [0, 0.05) is 11.4 Å². The first-order valence-corrected chi connectivity index (χ1v) is 9.19. The number of carbonyl (C=O) groups is 1. The molecule has 0 spiro atoms. The largest absolute Gasteiger partial charge is 0.368 e. The van der Waals surface area contributed by atoms with Crippen LogP contribution in [0.3, 0.4) is 0 Å². The molecule has 1 heterocycles. The minimum absolute atomic E-state index is 0.106. The van der Waals surface area contributed by atoms with Gasteiger partial charge in [0.25, 0.3) is 0 Å². The fraction of sp³-hybridized carbons (Fsp3) is 0.111. The smallest absolute Gasteiger partial charge is 0.234 e. The maximum atomic E-state index is 12.9. The Morgan fingerprint density at radius 1 is 1.00 bits per heavy atom. The Morgan fingerprint density at radius 3 is 2.48 bits per heavy atom. The Morgan fingerprint density at radius 2 is 1.74 bits per heavy atom. The Labute approximate surface area is 159 Å². The molecule has 3 aromatic rings. The van der Waals surface area contributed by atoms with E-state index in [1.165, 1.54) is 36.0 Å². The Bertz CT molecular complexity index is 907. The van der Waals surface area contributed by atoms with E-state index in [1.807, 2.05) is 30.3 Å². The first-order valence-electron chi connectivity index (χ1n) is 8.04. The summed E-state index contributed by atoms with van der Waals surface area (Å²) in [5, 5.41) is 5.75. The monoisotopic (exact) mass is 384 g/mol. The third-order valence-electron chi connectivity index (χ3n) is 3.32. The third kappa shape index (κ3) is 5.93. The average molecular weight is 384 g/mol. The van der Waals surface area contributed by atoms with Gasteiger partial charge in [-0.1, -0.05) is 18.2 Å². The van der Waals surface area contributed by atoms with E-state index in [0.29, 0.717) is 23.2 Å². The highest BCUT2D eigenvalue weighted by Gasteiger charge is 2.08. The van der Waals surface area contributed by atoms with E-state index in [-0.39, 0.29) is 23.4 Å². The molecule has 1 aromatic heterocycles. The summed E-state index contributed by atoms with van der Waals surface area (Å²) in [5.41, 5.74) is 7.11. The van der Waals surface area contributed by atoms with Gasteiger partial charge >= 0.3 is 0 Å². The molecule has 1 amide bonds. The molecule has 2 aromatic carbocycles. The van der Waals surface area contributed by atoms with Gasteiger partial charge in [0.05, 0.1) is 11.5 Å². The number of para-hydroxylation sites is 1. The fourth-order valence-electron chi connectivity index (χ4n) is 2.17. The number of nitrogen functional groups attached to an aromatic ring is 1. The molecule has 27 heavy (non-hydrogen) atoms. The zero-order valence-electron chi connectivity index (χ0n) is 14.2. The summed E-state index contributed by atoms with van der Waals surface area (Å²) in [5.74, 6) is 0.971. The minimum Gasteiger partial charge on any atom is -0.368 e. The number of amides is 1. The molecule has 0 bridgehead atoms. The van der Waals surface area contributed by atoms with Gasteiger partial charge in [0.1, 0.15) is 11.6 Å². The van der Waals surface area contributed by atoms with Crippen LogP contribution in [0.4, 0.5) is 27.7 Å². The van der Waals surface area contributed by atoms with Crippen molar-refractivity contribution in [1.82, 2.24) is 15.0 Å². The average Bonchev–Trinajstić information content (AvgIpc) is 2.64. The van der Waals surface area contributed by atoms with Crippen LogP contribution in [0, 0.1) is 5.82 Å². The number of hydrogen-bond acceptors (Lipinski definition) is 7. The minimum atomic E-state index is -0.352. The molecule has 138 valence electrons. The molecule has 0 atom stereocenters. The Balaban J connectivity index is 1.53. The normalized spacial score (nSPS) is 10.4. The molecule has 0 aliphatic rings. The van der Waals surface area contributed by atoms with Crippen molar-refractivity contribution in [3.05, 3.63) is 66.2 Å². The molecule has 0 aliphatic heterocycles. The van der Waals surface area contributed by atoms with E-state index in [0.717, 1.165) is 5.69 Å². The van der Waals surface area contributed by atoms with E-state index in [1.54, 1.807) is 0 Å². The van der Waals surface area contributed by atoms with Crippen molar-refractivity contribution in [3.63, 3.8) is 0 Å². The lowest BCUT2D eigenvalue weighted by atomic mass is 10.3. The highest BCUT2D eigenvalue weighted by molar-refractivity contribution is 7.99. The van der Waals surface area contributed by atoms with Crippen LogP contribution in [0.15, 0.2) is 54.6 Å². The summed E-state index contributed by atoms with van der Waals surface area (Å²) in [6.45, 7) is 0. The number of nitrogens with zero attached hydrogens (tertiary/aromatic N) is 3. The summed E-state index contributed by atoms with van der Waals surface area (Å²) in [6, 6.07) is 15.1. The van der Waals surface area contributed by atoms with Crippen molar-refractivity contribution in [3.8, 4) is 0 Å².